The summed E-state index contributed by atoms with van der Waals surface area (Å²) in [5, 5.41) is 2.95. The van der Waals surface area contributed by atoms with Gasteiger partial charge in [0.25, 0.3) is 5.91 Å². The molecule has 2 amide bonds. The molecule has 138 valence electrons. The lowest BCUT2D eigenvalue weighted by atomic mass is 10.1. The van der Waals surface area contributed by atoms with Gasteiger partial charge in [0.2, 0.25) is 5.91 Å². The van der Waals surface area contributed by atoms with Crippen LogP contribution in [-0.4, -0.2) is 41.3 Å². The van der Waals surface area contributed by atoms with Gasteiger partial charge in [-0.1, -0.05) is 24.3 Å². The molecule has 1 aromatic heterocycles. The molecule has 2 heterocycles. The number of fused-ring (bicyclic) bond motifs is 1. The van der Waals surface area contributed by atoms with Crippen molar-refractivity contribution in [2.45, 2.75) is 6.42 Å². The molecule has 1 aliphatic carbocycles. The number of nitrogens with zero attached hydrogens (tertiary/aromatic N) is 2. The number of benzene rings is 1. The van der Waals surface area contributed by atoms with Crippen LogP contribution in [0.2, 0.25) is 0 Å². The van der Waals surface area contributed by atoms with Crippen molar-refractivity contribution < 1.29 is 9.59 Å². The largest absolute Gasteiger partial charge is 0.353 e. The highest BCUT2D eigenvalue weighted by Gasteiger charge is 2.55. The van der Waals surface area contributed by atoms with Gasteiger partial charge in [-0.05, 0) is 54.0 Å². The van der Waals surface area contributed by atoms with Gasteiger partial charge in [0.15, 0.2) is 0 Å². The van der Waals surface area contributed by atoms with Gasteiger partial charge < -0.3 is 10.2 Å². The van der Waals surface area contributed by atoms with Gasteiger partial charge in [0.05, 0.1) is 0 Å². The SMILES string of the molecule is O=C(/C=C/c1cccnc1)NCC[C@@H]1[C@H]2CN(C(=O)c3ccccc3)C[C@@H]12. The zero-order chi connectivity index (χ0) is 18.6. The maximum absolute atomic E-state index is 12.5. The van der Waals surface area contributed by atoms with E-state index < -0.39 is 0 Å². The summed E-state index contributed by atoms with van der Waals surface area (Å²) >= 11 is 0. The summed E-state index contributed by atoms with van der Waals surface area (Å²) in [5.74, 6) is 1.88. The standard InChI is InChI=1S/C22H23N3O2/c26-21(9-8-16-5-4-11-23-13-16)24-12-10-18-19-14-25(15-20(18)19)22(27)17-6-2-1-3-7-17/h1-9,11,13,18-20H,10,12,14-15H2,(H,24,26)/b9-8+/t18-,19-,20+. The van der Waals surface area contributed by atoms with E-state index in [0.717, 1.165) is 30.6 Å². The van der Waals surface area contributed by atoms with E-state index in [-0.39, 0.29) is 11.8 Å². The molecule has 1 saturated heterocycles. The van der Waals surface area contributed by atoms with Gasteiger partial charge in [-0.3, -0.25) is 14.6 Å². The first-order valence-corrected chi connectivity index (χ1v) is 9.42. The highest BCUT2D eigenvalue weighted by atomic mass is 16.2. The molecule has 5 heteroatoms. The maximum atomic E-state index is 12.5. The summed E-state index contributed by atoms with van der Waals surface area (Å²) in [7, 11) is 0. The summed E-state index contributed by atoms with van der Waals surface area (Å²) in [4.78, 5) is 30.3. The fourth-order valence-electron chi connectivity index (χ4n) is 4.07. The number of likely N-dealkylation sites (tertiary alicyclic amines) is 1. The van der Waals surface area contributed by atoms with Crippen LogP contribution in [-0.2, 0) is 4.79 Å². The Hall–Kier alpha value is -2.95. The molecule has 2 aromatic rings. The summed E-state index contributed by atoms with van der Waals surface area (Å²) < 4.78 is 0. The first kappa shape index (κ1) is 17.5. The van der Waals surface area contributed by atoms with Crippen molar-refractivity contribution in [1.82, 2.24) is 15.2 Å². The van der Waals surface area contributed by atoms with Crippen molar-refractivity contribution in [3.63, 3.8) is 0 Å². The molecule has 0 spiro atoms. The van der Waals surface area contributed by atoms with Gasteiger partial charge in [0, 0.05) is 43.7 Å². The Morgan fingerprint density at radius 2 is 1.89 bits per heavy atom. The van der Waals surface area contributed by atoms with Crippen molar-refractivity contribution in [3.05, 3.63) is 72.1 Å². The number of rotatable bonds is 6. The Bertz CT molecular complexity index is 823. The lowest BCUT2D eigenvalue weighted by Crippen LogP contribution is -2.32. The first-order chi connectivity index (χ1) is 13.2. The predicted octanol–water partition coefficient (Wildman–Crippen LogP) is 2.62. The third-order valence-corrected chi connectivity index (χ3v) is 5.57. The quantitative estimate of drug-likeness (QED) is 0.805. The van der Waals surface area contributed by atoms with E-state index in [1.54, 1.807) is 24.5 Å². The van der Waals surface area contributed by atoms with Crippen LogP contribution < -0.4 is 5.32 Å². The highest BCUT2D eigenvalue weighted by molar-refractivity contribution is 5.94. The van der Waals surface area contributed by atoms with Crippen molar-refractivity contribution in [2.75, 3.05) is 19.6 Å². The number of nitrogens with one attached hydrogen (secondary N) is 1. The number of pyridine rings is 1. The lowest BCUT2D eigenvalue weighted by Gasteiger charge is -2.20. The molecular formula is C22H23N3O2. The number of carbonyl (C=O) groups excluding carboxylic acids is 2. The number of aromatic nitrogens is 1. The van der Waals surface area contributed by atoms with Crippen LogP contribution in [0.5, 0.6) is 0 Å². The van der Waals surface area contributed by atoms with Gasteiger partial charge in [0.1, 0.15) is 0 Å². The Balaban J connectivity index is 1.17. The van der Waals surface area contributed by atoms with Crippen molar-refractivity contribution in [3.8, 4) is 0 Å². The van der Waals surface area contributed by atoms with Gasteiger partial charge in [-0.25, -0.2) is 0 Å². The topological polar surface area (TPSA) is 62.3 Å². The fraction of sp³-hybridized carbons (Fsp3) is 0.318. The predicted molar refractivity (Wildman–Crippen MR) is 104 cm³/mol. The van der Waals surface area contributed by atoms with Crippen LogP contribution in [0.1, 0.15) is 22.3 Å². The first-order valence-electron chi connectivity index (χ1n) is 9.42. The Kier molecular flexibility index (Phi) is 5.01. The third-order valence-electron chi connectivity index (χ3n) is 5.57. The van der Waals surface area contributed by atoms with E-state index in [2.05, 4.69) is 10.3 Å². The van der Waals surface area contributed by atoms with Crippen molar-refractivity contribution in [1.29, 1.82) is 0 Å². The molecule has 0 bridgehead atoms. The summed E-state index contributed by atoms with van der Waals surface area (Å²) in [6.07, 6.45) is 7.72. The summed E-state index contributed by atoms with van der Waals surface area (Å²) in [5.41, 5.74) is 1.68. The summed E-state index contributed by atoms with van der Waals surface area (Å²) in [6.45, 7) is 2.37. The molecular weight excluding hydrogens is 338 g/mol. The van der Waals surface area contributed by atoms with Crippen LogP contribution in [0.3, 0.4) is 0 Å². The minimum absolute atomic E-state index is 0.0782. The van der Waals surface area contributed by atoms with Crippen LogP contribution in [0.15, 0.2) is 60.9 Å². The molecule has 5 nitrogen and oxygen atoms in total. The van der Waals surface area contributed by atoms with E-state index in [0.29, 0.717) is 24.3 Å². The molecule has 1 aliphatic heterocycles. The molecule has 0 radical (unpaired) electrons. The number of hydrogen-bond donors (Lipinski definition) is 1. The van der Waals surface area contributed by atoms with Gasteiger partial charge in [-0.15, -0.1) is 0 Å². The van der Waals surface area contributed by atoms with Gasteiger partial charge in [-0.2, -0.15) is 0 Å². The molecule has 27 heavy (non-hydrogen) atoms. The molecule has 1 aromatic carbocycles. The van der Waals surface area contributed by atoms with Crippen molar-refractivity contribution in [2.24, 2.45) is 17.8 Å². The second-order valence-electron chi connectivity index (χ2n) is 7.27. The highest BCUT2D eigenvalue weighted by Crippen LogP contribution is 2.53. The molecule has 1 saturated carbocycles. The van der Waals surface area contributed by atoms with Gasteiger partial charge >= 0.3 is 0 Å². The molecule has 1 N–H and O–H groups in total. The second kappa shape index (κ2) is 7.74. The molecule has 2 fully saturated rings. The maximum Gasteiger partial charge on any atom is 0.253 e. The monoisotopic (exact) mass is 361 g/mol. The third kappa shape index (κ3) is 4.08. The van der Waals surface area contributed by atoms with E-state index >= 15 is 0 Å². The van der Waals surface area contributed by atoms with Crippen molar-refractivity contribution >= 4 is 17.9 Å². The normalized spacial score (nSPS) is 23.3. The number of amides is 2. The average Bonchev–Trinajstić information content (AvgIpc) is 3.16. The minimum atomic E-state index is -0.0782. The number of piperidine rings is 1. The van der Waals surface area contributed by atoms with Crippen LogP contribution in [0.4, 0.5) is 0 Å². The molecule has 4 rings (SSSR count). The smallest absolute Gasteiger partial charge is 0.253 e. The van der Waals surface area contributed by atoms with Crippen LogP contribution >= 0.6 is 0 Å². The number of carbonyl (C=O) groups is 2. The zero-order valence-electron chi connectivity index (χ0n) is 15.1. The summed E-state index contributed by atoms with van der Waals surface area (Å²) in [6, 6.07) is 13.2. The number of hydrogen-bond acceptors (Lipinski definition) is 3. The molecule has 3 atom stereocenters. The zero-order valence-corrected chi connectivity index (χ0v) is 15.1. The van der Waals surface area contributed by atoms with E-state index in [1.165, 1.54) is 0 Å². The Labute approximate surface area is 159 Å². The fourth-order valence-corrected chi connectivity index (χ4v) is 4.07. The lowest BCUT2D eigenvalue weighted by molar-refractivity contribution is -0.116. The minimum Gasteiger partial charge on any atom is -0.353 e. The second-order valence-corrected chi connectivity index (χ2v) is 7.27. The molecule has 0 unspecified atom stereocenters. The van der Waals surface area contributed by atoms with E-state index in [1.807, 2.05) is 47.4 Å². The van der Waals surface area contributed by atoms with E-state index in [9.17, 15) is 9.59 Å². The molecule has 2 aliphatic rings. The average molecular weight is 361 g/mol. The Morgan fingerprint density at radius 3 is 2.59 bits per heavy atom. The van der Waals surface area contributed by atoms with Crippen LogP contribution in [0, 0.1) is 17.8 Å². The van der Waals surface area contributed by atoms with E-state index in [4.69, 9.17) is 0 Å². The van der Waals surface area contributed by atoms with Crippen LogP contribution in [0.25, 0.3) is 6.08 Å². The Morgan fingerprint density at radius 1 is 1.11 bits per heavy atom.